The van der Waals surface area contributed by atoms with Crippen molar-refractivity contribution < 1.29 is 19.5 Å². The predicted molar refractivity (Wildman–Crippen MR) is 126 cm³/mol. The molecule has 2 amide bonds. The predicted octanol–water partition coefficient (Wildman–Crippen LogP) is 4.23. The number of hydrogen-bond acceptors (Lipinski definition) is 5. The van der Waals surface area contributed by atoms with Crippen LogP contribution in [0.25, 0.3) is 0 Å². The average molecular weight is 436 g/mol. The van der Waals surface area contributed by atoms with Gasteiger partial charge in [0.05, 0.1) is 11.6 Å². The van der Waals surface area contributed by atoms with Crippen molar-refractivity contribution >= 4 is 34.7 Å². The molecule has 1 unspecified atom stereocenters. The highest BCUT2D eigenvalue weighted by Crippen LogP contribution is 2.42. The van der Waals surface area contributed by atoms with Crippen LogP contribution in [0.2, 0.25) is 0 Å². The summed E-state index contributed by atoms with van der Waals surface area (Å²) >= 11 is 0. The third kappa shape index (κ3) is 4.66. The molecule has 3 rings (SSSR count). The van der Waals surface area contributed by atoms with Gasteiger partial charge in [-0.25, -0.2) is 0 Å². The lowest BCUT2D eigenvalue weighted by Gasteiger charge is -2.27. The number of amides is 2. The van der Waals surface area contributed by atoms with Crippen LogP contribution in [0.5, 0.6) is 0 Å². The highest BCUT2D eigenvalue weighted by molar-refractivity contribution is 6.16. The Hall–Kier alpha value is -3.61. The van der Waals surface area contributed by atoms with E-state index in [9.17, 15) is 19.5 Å². The Kier molecular flexibility index (Phi) is 6.67. The van der Waals surface area contributed by atoms with Crippen LogP contribution >= 0.6 is 0 Å². The van der Waals surface area contributed by atoms with Gasteiger partial charge in [0.1, 0.15) is 0 Å². The average Bonchev–Trinajstić information content (AvgIpc) is 2.99. The molecule has 1 heterocycles. The minimum atomic E-state index is -0.739. The van der Waals surface area contributed by atoms with Crippen molar-refractivity contribution in [2.45, 2.75) is 33.2 Å². The van der Waals surface area contributed by atoms with Crippen molar-refractivity contribution in [1.82, 2.24) is 0 Å². The molecule has 0 fully saturated rings. The van der Waals surface area contributed by atoms with Crippen LogP contribution in [-0.4, -0.2) is 36.8 Å². The molecular weight excluding hydrogens is 406 g/mol. The van der Waals surface area contributed by atoms with Gasteiger partial charge >= 0.3 is 0 Å². The van der Waals surface area contributed by atoms with Crippen molar-refractivity contribution in [2.24, 2.45) is 5.92 Å². The number of nitrogens with one attached hydrogen (secondary N) is 1. The molecule has 2 aromatic rings. The second kappa shape index (κ2) is 9.26. The number of carbonyl (C=O) groups excluding carboxylic acids is 3. The lowest BCUT2D eigenvalue weighted by atomic mass is 9.92. The number of aliphatic hydroxyl groups is 1. The first-order valence-corrected chi connectivity index (χ1v) is 10.5. The second-order valence-corrected chi connectivity index (χ2v) is 8.58. The van der Waals surface area contributed by atoms with E-state index >= 15 is 0 Å². The van der Waals surface area contributed by atoms with E-state index in [1.807, 2.05) is 57.1 Å². The molecule has 0 aliphatic carbocycles. The zero-order valence-electron chi connectivity index (χ0n) is 19.0. The normalized spacial score (nSPS) is 16.0. The van der Waals surface area contributed by atoms with Crippen LogP contribution in [0.3, 0.4) is 0 Å². The van der Waals surface area contributed by atoms with Crippen LogP contribution in [0, 0.1) is 5.92 Å². The summed E-state index contributed by atoms with van der Waals surface area (Å²) in [5, 5.41) is 13.4. The lowest BCUT2D eigenvalue weighted by molar-refractivity contribution is -0.118. The van der Waals surface area contributed by atoms with Crippen LogP contribution in [-0.2, 0) is 14.4 Å². The Morgan fingerprint density at radius 3 is 2.16 bits per heavy atom. The van der Waals surface area contributed by atoms with E-state index in [2.05, 4.69) is 5.32 Å². The fourth-order valence-electron chi connectivity index (χ4n) is 3.82. The van der Waals surface area contributed by atoms with Crippen molar-refractivity contribution in [2.75, 3.05) is 29.2 Å². The summed E-state index contributed by atoms with van der Waals surface area (Å²) in [6.45, 7) is 5.26. The highest BCUT2D eigenvalue weighted by atomic mass is 16.3. The van der Waals surface area contributed by atoms with Gasteiger partial charge in [0, 0.05) is 44.5 Å². The summed E-state index contributed by atoms with van der Waals surface area (Å²) in [5.41, 5.74) is 2.93. The summed E-state index contributed by atoms with van der Waals surface area (Å²) < 4.78 is 0. The Labute approximate surface area is 188 Å². The van der Waals surface area contributed by atoms with Gasteiger partial charge in [0.25, 0.3) is 5.91 Å². The maximum Gasteiger partial charge on any atom is 0.294 e. The summed E-state index contributed by atoms with van der Waals surface area (Å²) in [7, 11) is 3.86. The fourth-order valence-corrected chi connectivity index (χ4v) is 3.82. The standard InChI is InChI=1S/C25H29N3O4/c1-15(2)14-21(30)22-23(17-6-10-19(11-7-17)27(4)5)28(25(32)24(22)31)20-12-8-18(9-13-20)26-16(3)29/h6-13,15,23,31H,14H2,1-5H3,(H,26,29). The van der Waals surface area contributed by atoms with Crippen molar-refractivity contribution in [3.05, 3.63) is 65.4 Å². The van der Waals surface area contributed by atoms with Gasteiger partial charge in [-0.15, -0.1) is 0 Å². The maximum absolute atomic E-state index is 13.1. The molecule has 1 atom stereocenters. The number of aliphatic hydroxyl groups excluding tert-OH is 1. The minimum absolute atomic E-state index is 0.0839. The molecule has 32 heavy (non-hydrogen) atoms. The van der Waals surface area contributed by atoms with Gasteiger partial charge in [-0.2, -0.15) is 0 Å². The Morgan fingerprint density at radius 1 is 1.06 bits per heavy atom. The Bertz CT molecular complexity index is 1050. The number of rotatable bonds is 7. The van der Waals surface area contributed by atoms with Crippen LogP contribution in [0.15, 0.2) is 59.9 Å². The van der Waals surface area contributed by atoms with E-state index in [-0.39, 0.29) is 29.6 Å². The summed E-state index contributed by atoms with van der Waals surface area (Å²) in [5.74, 6) is -1.49. The molecule has 1 aliphatic rings. The Balaban J connectivity index is 2.07. The molecule has 2 aromatic carbocycles. The van der Waals surface area contributed by atoms with Crippen molar-refractivity contribution in [1.29, 1.82) is 0 Å². The summed E-state index contributed by atoms with van der Waals surface area (Å²) in [6, 6.07) is 13.6. The van der Waals surface area contributed by atoms with Crippen molar-refractivity contribution in [3.8, 4) is 0 Å². The van der Waals surface area contributed by atoms with Gasteiger partial charge in [0.15, 0.2) is 11.5 Å². The number of anilines is 3. The number of ketones is 1. The molecule has 168 valence electrons. The van der Waals surface area contributed by atoms with E-state index in [0.29, 0.717) is 11.4 Å². The fraction of sp³-hybridized carbons (Fsp3) is 0.320. The van der Waals surface area contributed by atoms with Crippen LogP contribution < -0.4 is 15.1 Å². The van der Waals surface area contributed by atoms with E-state index in [1.165, 1.54) is 11.8 Å². The smallest absolute Gasteiger partial charge is 0.294 e. The summed E-state index contributed by atoms with van der Waals surface area (Å²) in [4.78, 5) is 40.9. The molecule has 7 heteroatoms. The maximum atomic E-state index is 13.1. The van der Waals surface area contributed by atoms with Crippen LogP contribution in [0.1, 0.15) is 38.8 Å². The zero-order valence-corrected chi connectivity index (χ0v) is 19.0. The van der Waals surface area contributed by atoms with E-state index in [1.54, 1.807) is 24.3 Å². The first-order chi connectivity index (χ1) is 15.1. The van der Waals surface area contributed by atoms with Gasteiger partial charge in [-0.05, 0) is 47.9 Å². The van der Waals surface area contributed by atoms with E-state index in [4.69, 9.17) is 0 Å². The number of hydrogen-bond donors (Lipinski definition) is 2. The topological polar surface area (TPSA) is 90.0 Å². The third-order valence-corrected chi connectivity index (χ3v) is 5.29. The first-order valence-electron chi connectivity index (χ1n) is 10.5. The monoisotopic (exact) mass is 435 g/mol. The largest absolute Gasteiger partial charge is 0.503 e. The van der Waals surface area contributed by atoms with Gasteiger partial charge < -0.3 is 15.3 Å². The van der Waals surface area contributed by atoms with Crippen LogP contribution in [0.4, 0.5) is 17.1 Å². The number of nitrogens with zero attached hydrogens (tertiary/aromatic N) is 2. The SMILES string of the molecule is CC(=O)Nc1ccc(N2C(=O)C(O)=C(C(=O)CC(C)C)C2c2ccc(N(C)C)cc2)cc1. The number of Topliss-reactive ketones (excluding diaryl/α,β-unsaturated/α-hetero) is 1. The molecule has 0 saturated heterocycles. The minimum Gasteiger partial charge on any atom is -0.503 e. The molecule has 0 saturated carbocycles. The number of benzene rings is 2. The summed E-state index contributed by atoms with van der Waals surface area (Å²) in [6.07, 6.45) is 0.230. The van der Waals surface area contributed by atoms with Gasteiger partial charge in [0.2, 0.25) is 5.91 Å². The van der Waals surface area contributed by atoms with Gasteiger partial charge in [-0.3, -0.25) is 19.3 Å². The van der Waals surface area contributed by atoms with E-state index < -0.39 is 17.7 Å². The van der Waals surface area contributed by atoms with E-state index in [0.717, 1.165) is 11.3 Å². The molecule has 0 spiro atoms. The molecule has 0 radical (unpaired) electrons. The highest BCUT2D eigenvalue weighted by Gasteiger charge is 2.44. The second-order valence-electron chi connectivity index (χ2n) is 8.58. The van der Waals surface area contributed by atoms with Gasteiger partial charge in [-0.1, -0.05) is 26.0 Å². The molecular formula is C25H29N3O4. The first kappa shape index (κ1) is 23.1. The quantitative estimate of drug-likeness (QED) is 0.679. The van der Waals surface area contributed by atoms with Crippen molar-refractivity contribution in [3.63, 3.8) is 0 Å². The molecule has 7 nitrogen and oxygen atoms in total. The lowest BCUT2D eigenvalue weighted by Crippen LogP contribution is -2.31. The Morgan fingerprint density at radius 2 is 1.66 bits per heavy atom. The zero-order chi connectivity index (χ0) is 23.6. The molecule has 1 aliphatic heterocycles. The third-order valence-electron chi connectivity index (χ3n) is 5.29. The molecule has 0 aromatic heterocycles. The number of carbonyl (C=O) groups is 3. The molecule has 0 bridgehead atoms. The molecule has 2 N–H and O–H groups in total.